The van der Waals surface area contributed by atoms with Crippen LogP contribution in [-0.2, 0) is 29.2 Å². The highest BCUT2D eigenvalue weighted by Gasteiger charge is 2.57. The van der Waals surface area contributed by atoms with E-state index in [2.05, 4.69) is 46.8 Å². The lowest BCUT2D eigenvalue weighted by atomic mass is 9.51. The molecule has 10 heteroatoms. The quantitative estimate of drug-likeness (QED) is 0.262. The van der Waals surface area contributed by atoms with Gasteiger partial charge < -0.3 is 0 Å². The fourth-order valence-corrected chi connectivity index (χ4v) is 9.50. The number of fused-ring (bicyclic) bond motifs is 5. The third-order valence-electron chi connectivity index (χ3n) is 10.2. The minimum absolute atomic E-state index is 0.0952. The minimum Gasteiger partial charge on any atom is -0.264 e. The highest BCUT2D eigenvalue weighted by Crippen LogP contribution is 2.65. The summed E-state index contributed by atoms with van der Waals surface area (Å²) in [6.45, 7) is 11.5. The van der Waals surface area contributed by atoms with E-state index in [0.717, 1.165) is 24.3 Å². The molecule has 0 bridgehead atoms. The fraction of sp³-hybridized carbons (Fsp3) is 0.852. The van der Waals surface area contributed by atoms with Crippen LogP contribution in [0.25, 0.3) is 0 Å². The van der Waals surface area contributed by atoms with Crippen LogP contribution in [0.5, 0.6) is 0 Å². The molecule has 0 aliphatic heterocycles. The first-order chi connectivity index (χ1) is 17.0. The molecule has 0 aromatic heterocycles. The second-order valence-corrected chi connectivity index (χ2v) is 15.0. The fourth-order valence-electron chi connectivity index (χ4n) is 8.49. The molecule has 4 rings (SSSR count). The lowest BCUT2D eigenvalue weighted by molar-refractivity contribution is -0.00368. The van der Waals surface area contributed by atoms with Crippen LogP contribution < -0.4 is 0 Å². The SMILES string of the molecule is CC(C)CCC[C@@H](C)[C@H]1CC[C@H]2[C@@H]3CC=C4C[C@H](OS(=O)(=O)O)[C@@H](OS(=O)(=O)O)C[C@]4(C)C3=CC[C@]12C. The molecule has 0 heterocycles. The Balaban J connectivity index is 1.59. The van der Waals surface area contributed by atoms with Crippen LogP contribution >= 0.6 is 0 Å². The van der Waals surface area contributed by atoms with Crippen molar-refractivity contribution >= 4 is 20.8 Å². The zero-order chi connectivity index (χ0) is 27.4. The monoisotopic (exact) mass is 560 g/mol. The molecule has 4 aliphatic rings. The standard InChI is InChI=1S/C27H44O8S2/c1-17(2)7-6-8-18(3)21-11-12-22-20-10-9-19-15-24(34-36(28,29)30)25(35-37(31,32)33)16-27(19,5)23(20)13-14-26(21,22)4/h9,13,17-18,20-22,24-25H,6-8,10-12,14-16H2,1-5H3,(H,28,29,30)(H,31,32,33)/t18-,20+,21-,22+,24+,25+,26-,27+/m1/s1. The van der Waals surface area contributed by atoms with Crippen molar-refractivity contribution < 1.29 is 34.3 Å². The van der Waals surface area contributed by atoms with Gasteiger partial charge in [0, 0.05) is 5.41 Å². The topological polar surface area (TPSA) is 127 Å². The third kappa shape index (κ3) is 6.04. The summed E-state index contributed by atoms with van der Waals surface area (Å²) in [7, 11) is -9.69. The molecule has 4 aliphatic carbocycles. The Morgan fingerprint density at radius 3 is 2.24 bits per heavy atom. The summed E-state index contributed by atoms with van der Waals surface area (Å²) in [5.41, 5.74) is 1.94. The normalized spacial score (nSPS) is 38.9. The largest absolute Gasteiger partial charge is 0.397 e. The molecule has 37 heavy (non-hydrogen) atoms. The summed E-state index contributed by atoms with van der Waals surface area (Å²) in [4.78, 5) is 0. The molecule has 0 amide bonds. The first-order valence-electron chi connectivity index (χ1n) is 13.7. The average Bonchev–Trinajstić information content (AvgIpc) is 3.09. The van der Waals surface area contributed by atoms with E-state index in [0.29, 0.717) is 23.7 Å². The van der Waals surface area contributed by atoms with Crippen LogP contribution in [0.3, 0.4) is 0 Å². The molecule has 0 unspecified atom stereocenters. The van der Waals surface area contributed by atoms with Gasteiger partial charge in [0.15, 0.2) is 0 Å². The molecule has 0 radical (unpaired) electrons. The van der Waals surface area contributed by atoms with Gasteiger partial charge in [-0.15, -0.1) is 0 Å². The third-order valence-corrected chi connectivity index (χ3v) is 11.1. The van der Waals surface area contributed by atoms with Crippen molar-refractivity contribution in [2.45, 2.75) is 105 Å². The maximum absolute atomic E-state index is 11.6. The number of allylic oxidation sites excluding steroid dienone is 3. The number of hydrogen-bond acceptors (Lipinski definition) is 6. The Morgan fingerprint density at radius 1 is 0.973 bits per heavy atom. The molecule has 0 aromatic carbocycles. The summed E-state index contributed by atoms with van der Waals surface area (Å²) in [5.74, 6) is 2.96. The molecule has 212 valence electrons. The second kappa shape index (κ2) is 10.3. The lowest BCUT2D eigenvalue weighted by Crippen LogP contribution is -2.50. The van der Waals surface area contributed by atoms with E-state index in [4.69, 9.17) is 8.37 Å². The molecular formula is C27H44O8S2. The molecule has 0 aromatic rings. The molecule has 2 N–H and O–H groups in total. The Bertz CT molecular complexity index is 1140. The van der Waals surface area contributed by atoms with Gasteiger partial charge >= 0.3 is 20.8 Å². The van der Waals surface area contributed by atoms with Crippen molar-refractivity contribution in [3.05, 3.63) is 23.3 Å². The Morgan fingerprint density at radius 2 is 1.62 bits per heavy atom. The highest BCUT2D eigenvalue weighted by atomic mass is 32.3. The van der Waals surface area contributed by atoms with Gasteiger partial charge in [-0.25, -0.2) is 8.37 Å². The first-order valence-corrected chi connectivity index (χ1v) is 16.5. The Kier molecular flexibility index (Phi) is 8.15. The average molecular weight is 561 g/mol. The van der Waals surface area contributed by atoms with Crippen molar-refractivity contribution in [1.82, 2.24) is 0 Å². The maximum Gasteiger partial charge on any atom is 0.397 e. The van der Waals surface area contributed by atoms with Gasteiger partial charge in [0.25, 0.3) is 0 Å². The van der Waals surface area contributed by atoms with E-state index >= 15 is 0 Å². The van der Waals surface area contributed by atoms with E-state index in [1.54, 1.807) is 0 Å². The van der Waals surface area contributed by atoms with Crippen LogP contribution in [0, 0.1) is 40.4 Å². The van der Waals surface area contributed by atoms with Gasteiger partial charge in [-0.3, -0.25) is 9.11 Å². The molecule has 0 saturated heterocycles. The van der Waals surface area contributed by atoms with Crippen LogP contribution in [0.15, 0.2) is 23.3 Å². The van der Waals surface area contributed by atoms with Crippen LogP contribution in [0.2, 0.25) is 0 Å². The van der Waals surface area contributed by atoms with Gasteiger partial charge in [0.2, 0.25) is 0 Å². The van der Waals surface area contributed by atoms with E-state index in [-0.39, 0.29) is 18.3 Å². The van der Waals surface area contributed by atoms with Gasteiger partial charge in [0.1, 0.15) is 12.2 Å². The zero-order valence-corrected chi connectivity index (χ0v) is 24.4. The van der Waals surface area contributed by atoms with Gasteiger partial charge in [-0.05, 0) is 73.5 Å². The summed E-state index contributed by atoms with van der Waals surface area (Å²) in [6.07, 6.45) is 10.3. The van der Waals surface area contributed by atoms with Gasteiger partial charge in [-0.1, -0.05) is 77.2 Å². The summed E-state index contributed by atoms with van der Waals surface area (Å²) >= 11 is 0. The first kappa shape index (κ1) is 29.2. The van der Waals surface area contributed by atoms with E-state index in [9.17, 15) is 25.9 Å². The number of rotatable bonds is 9. The Labute approximate surface area is 223 Å². The predicted molar refractivity (Wildman–Crippen MR) is 141 cm³/mol. The van der Waals surface area contributed by atoms with E-state index in [1.165, 1.54) is 37.7 Å². The minimum atomic E-state index is -4.86. The predicted octanol–water partition coefficient (Wildman–Crippen LogP) is 5.93. The second-order valence-electron chi connectivity index (χ2n) is 12.9. The van der Waals surface area contributed by atoms with Crippen LogP contribution in [0.1, 0.15) is 92.4 Å². The molecule has 2 fully saturated rings. The van der Waals surface area contributed by atoms with Gasteiger partial charge in [0.05, 0.1) is 0 Å². The molecule has 0 spiro atoms. The van der Waals surface area contributed by atoms with Crippen molar-refractivity contribution in [3.63, 3.8) is 0 Å². The summed E-state index contributed by atoms with van der Waals surface area (Å²) < 4.78 is 74.5. The van der Waals surface area contributed by atoms with E-state index < -0.39 is 38.4 Å². The van der Waals surface area contributed by atoms with Gasteiger partial charge in [-0.2, -0.15) is 16.8 Å². The number of hydrogen-bond donors (Lipinski definition) is 2. The van der Waals surface area contributed by atoms with Crippen molar-refractivity contribution in [2.24, 2.45) is 40.4 Å². The summed E-state index contributed by atoms with van der Waals surface area (Å²) in [6, 6.07) is 0. The molecular weight excluding hydrogens is 516 g/mol. The van der Waals surface area contributed by atoms with E-state index in [1.807, 2.05) is 0 Å². The lowest BCUT2D eigenvalue weighted by Gasteiger charge is -2.55. The Hall–Kier alpha value is -0.780. The van der Waals surface area contributed by atoms with Crippen LogP contribution in [-0.4, -0.2) is 38.1 Å². The summed E-state index contributed by atoms with van der Waals surface area (Å²) in [5, 5.41) is 0. The van der Waals surface area contributed by atoms with Crippen molar-refractivity contribution in [1.29, 1.82) is 0 Å². The van der Waals surface area contributed by atoms with Crippen LogP contribution in [0.4, 0.5) is 0 Å². The maximum atomic E-state index is 11.6. The van der Waals surface area contributed by atoms with Crippen molar-refractivity contribution in [3.8, 4) is 0 Å². The van der Waals surface area contributed by atoms with Crippen molar-refractivity contribution in [2.75, 3.05) is 0 Å². The molecule has 8 atom stereocenters. The highest BCUT2D eigenvalue weighted by molar-refractivity contribution is 7.81. The molecule has 2 saturated carbocycles. The molecule has 8 nitrogen and oxygen atoms in total. The smallest absolute Gasteiger partial charge is 0.264 e. The zero-order valence-electron chi connectivity index (χ0n) is 22.7.